The van der Waals surface area contributed by atoms with Gasteiger partial charge in [-0.2, -0.15) is 0 Å². The van der Waals surface area contributed by atoms with Crippen molar-refractivity contribution < 1.29 is 19.4 Å². The van der Waals surface area contributed by atoms with Gasteiger partial charge in [0.1, 0.15) is 5.75 Å². The van der Waals surface area contributed by atoms with E-state index in [1.54, 1.807) is 32.2 Å². The number of carboxylic acids is 1. The third-order valence-electron chi connectivity index (χ3n) is 2.79. The number of hydrogen-bond acceptors (Lipinski definition) is 3. The van der Waals surface area contributed by atoms with Crippen molar-refractivity contribution in [1.29, 1.82) is 0 Å². The van der Waals surface area contributed by atoms with E-state index in [2.05, 4.69) is 0 Å². The van der Waals surface area contributed by atoms with Gasteiger partial charge in [0.15, 0.2) is 5.78 Å². The molecule has 0 unspecified atom stereocenters. The number of carbonyl (C=O) groups is 2. The van der Waals surface area contributed by atoms with Crippen molar-refractivity contribution in [2.24, 2.45) is 5.92 Å². The lowest BCUT2D eigenvalue weighted by Gasteiger charge is -2.10. The molecule has 0 fully saturated rings. The third kappa shape index (κ3) is 3.87. The van der Waals surface area contributed by atoms with Crippen LogP contribution in [0.2, 0.25) is 0 Å². The summed E-state index contributed by atoms with van der Waals surface area (Å²) in [4.78, 5) is 22.6. The molecule has 0 radical (unpaired) electrons. The number of rotatable bonds is 6. The second-order valence-corrected chi connectivity index (χ2v) is 4.51. The molecule has 0 amide bonds. The van der Waals surface area contributed by atoms with Crippen molar-refractivity contribution in [1.82, 2.24) is 0 Å². The van der Waals surface area contributed by atoms with E-state index in [9.17, 15) is 9.59 Å². The molecule has 4 nitrogen and oxygen atoms in total. The summed E-state index contributed by atoms with van der Waals surface area (Å²) in [5.41, 5.74) is 1.48. The van der Waals surface area contributed by atoms with E-state index < -0.39 is 5.97 Å². The topological polar surface area (TPSA) is 63.6 Å². The molecule has 0 aromatic heterocycles. The first-order chi connectivity index (χ1) is 8.43. The minimum Gasteiger partial charge on any atom is -0.497 e. The average molecular weight is 250 g/mol. The lowest BCUT2D eigenvalue weighted by molar-refractivity contribution is -0.137. The first-order valence-electron chi connectivity index (χ1n) is 5.83. The Labute approximate surface area is 107 Å². The van der Waals surface area contributed by atoms with Crippen molar-refractivity contribution in [3.8, 4) is 5.75 Å². The molecule has 0 bridgehead atoms. The second kappa shape index (κ2) is 6.19. The van der Waals surface area contributed by atoms with Crippen LogP contribution in [-0.2, 0) is 4.79 Å². The number of methoxy groups -OCH3 is 1. The van der Waals surface area contributed by atoms with Crippen molar-refractivity contribution in [3.63, 3.8) is 0 Å². The summed E-state index contributed by atoms with van der Waals surface area (Å²) in [5, 5.41) is 8.66. The number of Topliss-reactive ketones (excluding diaryl/α,β-unsaturated/α-hetero) is 1. The fourth-order valence-electron chi connectivity index (χ4n) is 1.87. The number of ketones is 1. The van der Waals surface area contributed by atoms with E-state index in [0.717, 1.165) is 5.56 Å². The zero-order valence-electron chi connectivity index (χ0n) is 10.9. The van der Waals surface area contributed by atoms with Gasteiger partial charge in [-0.15, -0.1) is 0 Å². The van der Waals surface area contributed by atoms with Crippen LogP contribution in [0.15, 0.2) is 18.2 Å². The zero-order chi connectivity index (χ0) is 13.7. The van der Waals surface area contributed by atoms with Gasteiger partial charge in [0.05, 0.1) is 7.11 Å². The quantitative estimate of drug-likeness (QED) is 0.788. The first-order valence-corrected chi connectivity index (χ1v) is 5.83. The standard InChI is InChI=1S/C14H18O4/c1-9(7-14(16)17)6-13(15)12-5-4-11(18-3)8-10(12)2/h4-5,8-9H,6-7H2,1-3H3,(H,16,17)/t9-/m1/s1. The van der Waals surface area contributed by atoms with E-state index in [0.29, 0.717) is 11.3 Å². The molecule has 0 aliphatic heterocycles. The Morgan fingerprint density at radius 1 is 1.33 bits per heavy atom. The van der Waals surface area contributed by atoms with Gasteiger partial charge in [-0.05, 0) is 36.6 Å². The SMILES string of the molecule is COc1ccc(C(=O)C[C@@H](C)CC(=O)O)c(C)c1. The summed E-state index contributed by atoms with van der Waals surface area (Å²) in [5.74, 6) is -0.343. The Balaban J connectivity index is 2.75. The lowest BCUT2D eigenvalue weighted by atomic mass is 9.95. The maximum absolute atomic E-state index is 12.0. The predicted octanol–water partition coefficient (Wildman–Crippen LogP) is 2.69. The smallest absolute Gasteiger partial charge is 0.303 e. The van der Waals surface area contributed by atoms with E-state index in [1.807, 2.05) is 6.92 Å². The molecule has 0 saturated heterocycles. The van der Waals surface area contributed by atoms with E-state index >= 15 is 0 Å². The van der Waals surface area contributed by atoms with Gasteiger partial charge >= 0.3 is 5.97 Å². The van der Waals surface area contributed by atoms with Crippen LogP contribution in [0.3, 0.4) is 0 Å². The van der Waals surface area contributed by atoms with Crippen LogP contribution in [0.4, 0.5) is 0 Å². The Hall–Kier alpha value is -1.84. The zero-order valence-corrected chi connectivity index (χ0v) is 10.9. The average Bonchev–Trinajstić information content (AvgIpc) is 2.27. The predicted molar refractivity (Wildman–Crippen MR) is 68.1 cm³/mol. The van der Waals surface area contributed by atoms with Crippen LogP contribution in [-0.4, -0.2) is 24.0 Å². The molecule has 1 aromatic rings. The van der Waals surface area contributed by atoms with Crippen LogP contribution in [0, 0.1) is 12.8 Å². The summed E-state index contributed by atoms with van der Waals surface area (Å²) >= 11 is 0. The highest BCUT2D eigenvalue weighted by Gasteiger charge is 2.15. The molecule has 18 heavy (non-hydrogen) atoms. The highest BCUT2D eigenvalue weighted by Crippen LogP contribution is 2.20. The molecular weight excluding hydrogens is 232 g/mol. The fourth-order valence-corrected chi connectivity index (χ4v) is 1.87. The van der Waals surface area contributed by atoms with Gasteiger partial charge in [-0.25, -0.2) is 0 Å². The van der Waals surface area contributed by atoms with E-state index in [4.69, 9.17) is 9.84 Å². The molecule has 0 saturated carbocycles. The normalized spacial score (nSPS) is 11.9. The van der Waals surface area contributed by atoms with Gasteiger partial charge in [0, 0.05) is 18.4 Å². The van der Waals surface area contributed by atoms with Gasteiger partial charge in [0.2, 0.25) is 0 Å². The maximum atomic E-state index is 12.0. The monoisotopic (exact) mass is 250 g/mol. The molecule has 1 rings (SSSR count). The van der Waals surface area contributed by atoms with Crippen LogP contribution < -0.4 is 4.74 Å². The summed E-state index contributed by atoms with van der Waals surface area (Å²) < 4.78 is 5.07. The number of carbonyl (C=O) groups excluding carboxylic acids is 1. The Kier molecular flexibility index (Phi) is 4.89. The molecule has 1 atom stereocenters. The van der Waals surface area contributed by atoms with Crippen LogP contribution in [0.25, 0.3) is 0 Å². The lowest BCUT2D eigenvalue weighted by Crippen LogP contribution is -2.11. The summed E-state index contributed by atoms with van der Waals surface area (Å²) in [6.07, 6.45) is 0.264. The molecule has 98 valence electrons. The minimum atomic E-state index is -0.873. The van der Waals surface area contributed by atoms with Crippen molar-refractivity contribution >= 4 is 11.8 Å². The maximum Gasteiger partial charge on any atom is 0.303 e. The third-order valence-corrected chi connectivity index (χ3v) is 2.79. The molecule has 0 spiro atoms. The van der Waals surface area contributed by atoms with Crippen molar-refractivity contribution in [2.75, 3.05) is 7.11 Å². The Morgan fingerprint density at radius 2 is 2.00 bits per heavy atom. The van der Waals surface area contributed by atoms with Gasteiger partial charge < -0.3 is 9.84 Å². The van der Waals surface area contributed by atoms with Crippen LogP contribution in [0.5, 0.6) is 5.75 Å². The summed E-state index contributed by atoms with van der Waals surface area (Å²) in [6.45, 7) is 3.61. The number of benzene rings is 1. The van der Waals surface area contributed by atoms with E-state index in [1.165, 1.54) is 0 Å². The fraction of sp³-hybridized carbons (Fsp3) is 0.429. The molecule has 4 heteroatoms. The minimum absolute atomic E-state index is 0.0148. The summed E-state index contributed by atoms with van der Waals surface area (Å²) in [7, 11) is 1.57. The Morgan fingerprint density at radius 3 is 2.50 bits per heavy atom. The Bertz CT molecular complexity index is 451. The number of aliphatic carboxylic acids is 1. The second-order valence-electron chi connectivity index (χ2n) is 4.51. The van der Waals surface area contributed by atoms with Crippen LogP contribution in [0.1, 0.15) is 35.7 Å². The van der Waals surface area contributed by atoms with Crippen molar-refractivity contribution in [3.05, 3.63) is 29.3 Å². The van der Waals surface area contributed by atoms with Gasteiger partial charge in [0.25, 0.3) is 0 Å². The van der Waals surface area contributed by atoms with Crippen LogP contribution >= 0.6 is 0 Å². The number of aryl methyl sites for hydroxylation is 1. The number of ether oxygens (including phenoxy) is 1. The molecular formula is C14H18O4. The largest absolute Gasteiger partial charge is 0.497 e. The molecule has 0 aliphatic carbocycles. The molecule has 0 aliphatic rings. The first kappa shape index (κ1) is 14.2. The van der Waals surface area contributed by atoms with Gasteiger partial charge in [-0.1, -0.05) is 6.92 Å². The number of carboxylic acid groups (broad SMARTS) is 1. The molecule has 0 heterocycles. The molecule has 1 aromatic carbocycles. The molecule has 1 N–H and O–H groups in total. The van der Waals surface area contributed by atoms with Gasteiger partial charge in [-0.3, -0.25) is 9.59 Å². The number of hydrogen-bond donors (Lipinski definition) is 1. The summed E-state index contributed by atoms with van der Waals surface area (Å²) in [6, 6.07) is 5.27. The highest BCUT2D eigenvalue weighted by atomic mass is 16.5. The highest BCUT2D eigenvalue weighted by molar-refractivity contribution is 5.97. The van der Waals surface area contributed by atoms with E-state index in [-0.39, 0.29) is 24.5 Å². The van der Waals surface area contributed by atoms with Crippen molar-refractivity contribution in [2.45, 2.75) is 26.7 Å².